The maximum atomic E-state index is 9.22. The Labute approximate surface area is 108 Å². The first kappa shape index (κ1) is 12.8. The number of morpholine rings is 1. The van der Waals surface area contributed by atoms with E-state index in [1.807, 2.05) is 0 Å². The van der Waals surface area contributed by atoms with Crippen LogP contribution in [0, 0.1) is 0 Å². The van der Waals surface area contributed by atoms with Crippen LogP contribution in [-0.4, -0.2) is 73.9 Å². The number of aliphatic hydroxyl groups excluding tert-OH is 1. The van der Waals surface area contributed by atoms with Gasteiger partial charge in [0.15, 0.2) is 0 Å². The van der Waals surface area contributed by atoms with E-state index in [0.29, 0.717) is 6.04 Å². The predicted molar refractivity (Wildman–Crippen MR) is 65.5 cm³/mol. The normalized spacial score (nSPS) is 42.5. The smallest absolute Gasteiger partial charge is 0.0951 e. The molecule has 3 rings (SSSR count). The van der Waals surface area contributed by atoms with Gasteiger partial charge < -0.3 is 19.3 Å². The molecule has 3 unspecified atom stereocenters. The number of hydrogen-bond donors (Lipinski definition) is 1. The van der Waals surface area contributed by atoms with Crippen LogP contribution in [0.1, 0.15) is 19.3 Å². The van der Waals surface area contributed by atoms with Crippen LogP contribution in [0.5, 0.6) is 0 Å². The molecule has 0 aromatic rings. The molecule has 3 saturated heterocycles. The van der Waals surface area contributed by atoms with Crippen molar-refractivity contribution in [2.45, 2.75) is 37.0 Å². The zero-order valence-corrected chi connectivity index (χ0v) is 10.8. The maximum Gasteiger partial charge on any atom is 0.0951 e. The Morgan fingerprint density at radius 3 is 3.00 bits per heavy atom. The topological polar surface area (TPSA) is 51.2 Å². The molecular formula is C13H23NO4. The summed E-state index contributed by atoms with van der Waals surface area (Å²) in [5.74, 6) is 0. The second kappa shape index (κ2) is 5.43. The molecule has 3 fully saturated rings. The van der Waals surface area contributed by atoms with E-state index in [9.17, 15) is 5.11 Å². The van der Waals surface area contributed by atoms with Crippen LogP contribution in [0.2, 0.25) is 0 Å². The molecule has 1 spiro atoms. The summed E-state index contributed by atoms with van der Waals surface area (Å²) in [4.78, 5) is 2.47. The quantitative estimate of drug-likeness (QED) is 0.755. The van der Waals surface area contributed by atoms with Crippen molar-refractivity contribution in [2.24, 2.45) is 0 Å². The SMILES string of the molecule is OCC1CN(C2CCOC3(CCOC3)C2)CCO1. The third-order valence-corrected chi connectivity index (χ3v) is 4.42. The summed E-state index contributed by atoms with van der Waals surface area (Å²) in [5.41, 5.74) is -0.0318. The summed E-state index contributed by atoms with van der Waals surface area (Å²) in [7, 11) is 0. The third kappa shape index (κ3) is 2.56. The Hall–Kier alpha value is -0.200. The lowest BCUT2D eigenvalue weighted by Gasteiger charge is -2.44. The summed E-state index contributed by atoms with van der Waals surface area (Å²) in [6, 6.07) is 0.554. The van der Waals surface area contributed by atoms with Crippen molar-refractivity contribution in [3.63, 3.8) is 0 Å². The lowest BCUT2D eigenvalue weighted by atomic mass is 9.88. The highest BCUT2D eigenvalue weighted by Crippen LogP contribution is 2.35. The maximum absolute atomic E-state index is 9.22. The minimum atomic E-state index is -0.0318. The van der Waals surface area contributed by atoms with E-state index in [2.05, 4.69) is 4.90 Å². The minimum absolute atomic E-state index is 0.0163. The third-order valence-electron chi connectivity index (χ3n) is 4.42. The number of nitrogens with zero attached hydrogens (tertiary/aromatic N) is 1. The van der Waals surface area contributed by atoms with E-state index < -0.39 is 0 Å². The predicted octanol–water partition coefficient (Wildman–Crippen LogP) is 0.0176. The number of ether oxygens (including phenoxy) is 3. The molecule has 1 N–H and O–H groups in total. The van der Waals surface area contributed by atoms with Crippen molar-refractivity contribution in [3.05, 3.63) is 0 Å². The molecule has 0 aromatic carbocycles. The average Bonchev–Trinajstić information content (AvgIpc) is 2.87. The molecule has 0 amide bonds. The van der Waals surface area contributed by atoms with Crippen LogP contribution >= 0.6 is 0 Å². The minimum Gasteiger partial charge on any atom is -0.394 e. The lowest BCUT2D eigenvalue weighted by Crippen LogP contribution is -2.54. The summed E-state index contributed by atoms with van der Waals surface area (Å²) in [6.07, 6.45) is 3.15. The van der Waals surface area contributed by atoms with Gasteiger partial charge in [-0.2, -0.15) is 0 Å². The molecule has 3 atom stereocenters. The van der Waals surface area contributed by atoms with Gasteiger partial charge in [-0.3, -0.25) is 4.90 Å². The molecule has 5 heteroatoms. The summed E-state index contributed by atoms with van der Waals surface area (Å²) >= 11 is 0. The molecule has 3 aliphatic heterocycles. The monoisotopic (exact) mass is 257 g/mol. The highest BCUT2D eigenvalue weighted by molar-refractivity contribution is 4.94. The molecule has 0 bridgehead atoms. The number of hydrogen-bond acceptors (Lipinski definition) is 5. The van der Waals surface area contributed by atoms with E-state index in [1.165, 1.54) is 0 Å². The van der Waals surface area contributed by atoms with Gasteiger partial charge in [0.25, 0.3) is 0 Å². The van der Waals surface area contributed by atoms with E-state index in [1.54, 1.807) is 0 Å². The van der Waals surface area contributed by atoms with E-state index in [0.717, 1.165) is 58.8 Å². The molecule has 0 saturated carbocycles. The molecule has 0 aromatic heterocycles. The van der Waals surface area contributed by atoms with E-state index in [-0.39, 0.29) is 18.3 Å². The molecule has 18 heavy (non-hydrogen) atoms. The standard InChI is InChI=1S/C13H23NO4/c15-9-12-8-14(3-6-17-12)11-1-4-18-13(7-11)2-5-16-10-13/h11-12,15H,1-10H2. The summed E-state index contributed by atoms with van der Waals surface area (Å²) < 4.78 is 17.0. The average molecular weight is 257 g/mol. The van der Waals surface area contributed by atoms with Crippen molar-refractivity contribution in [1.29, 1.82) is 0 Å². The number of aliphatic hydroxyl groups is 1. The fourth-order valence-corrected chi connectivity index (χ4v) is 3.36. The zero-order valence-electron chi connectivity index (χ0n) is 10.8. The van der Waals surface area contributed by atoms with Gasteiger partial charge in [0, 0.05) is 38.8 Å². The Balaban J connectivity index is 1.61. The van der Waals surface area contributed by atoms with E-state index >= 15 is 0 Å². The lowest BCUT2D eigenvalue weighted by molar-refractivity contribution is -0.127. The van der Waals surface area contributed by atoms with Gasteiger partial charge in [-0.05, 0) is 12.8 Å². The van der Waals surface area contributed by atoms with Crippen molar-refractivity contribution in [2.75, 3.05) is 46.1 Å². The zero-order chi connectivity index (χ0) is 12.4. The van der Waals surface area contributed by atoms with Crippen molar-refractivity contribution in [3.8, 4) is 0 Å². The molecule has 5 nitrogen and oxygen atoms in total. The van der Waals surface area contributed by atoms with Crippen LogP contribution in [-0.2, 0) is 14.2 Å². The molecule has 0 radical (unpaired) electrons. The van der Waals surface area contributed by atoms with Gasteiger partial charge in [0.1, 0.15) is 0 Å². The Kier molecular flexibility index (Phi) is 3.86. The van der Waals surface area contributed by atoms with Crippen molar-refractivity contribution < 1.29 is 19.3 Å². The van der Waals surface area contributed by atoms with Crippen LogP contribution in [0.4, 0.5) is 0 Å². The van der Waals surface area contributed by atoms with E-state index in [4.69, 9.17) is 14.2 Å². The second-order valence-corrected chi connectivity index (χ2v) is 5.65. The Morgan fingerprint density at radius 1 is 1.28 bits per heavy atom. The summed E-state index contributed by atoms with van der Waals surface area (Å²) in [5, 5.41) is 9.22. The first-order chi connectivity index (χ1) is 8.81. The van der Waals surface area contributed by atoms with Crippen LogP contribution < -0.4 is 0 Å². The molecular weight excluding hydrogens is 234 g/mol. The molecule has 3 heterocycles. The van der Waals surface area contributed by atoms with Crippen molar-refractivity contribution in [1.82, 2.24) is 4.90 Å². The first-order valence-electron chi connectivity index (χ1n) is 7.00. The van der Waals surface area contributed by atoms with Gasteiger partial charge >= 0.3 is 0 Å². The van der Waals surface area contributed by atoms with Gasteiger partial charge in [0.2, 0.25) is 0 Å². The van der Waals surface area contributed by atoms with Gasteiger partial charge in [-0.25, -0.2) is 0 Å². The number of rotatable bonds is 2. The van der Waals surface area contributed by atoms with Gasteiger partial charge in [-0.15, -0.1) is 0 Å². The van der Waals surface area contributed by atoms with Crippen LogP contribution in [0.3, 0.4) is 0 Å². The molecule has 0 aliphatic carbocycles. The first-order valence-corrected chi connectivity index (χ1v) is 7.00. The fourth-order valence-electron chi connectivity index (χ4n) is 3.36. The van der Waals surface area contributed by atoms with Crippen LogP contribution in [0.25, 0.3) is 0 Å². The largest absolute Gasteiger partial charge is 0.394 e. The highest BCUT2D eigenvalue weighted by atomic mass is 16.6. The van der Waals surface area contributed by atoms with Gasteiger partial charge in [0.05, 0.1) is 31.5 Å². The molecule has 3 aliphatic rings. The van der Waals surface area contributed by atoms with Gasteiger partial charge in [-0.1, -0.05) is 0 Å². The molecule has 104 valence electrons. The van der Waals surface area contributed by atoms with Crippen molar-refractivity contribution >= 4 is 0 Å². The second-order valence-electron chi connectivity index (χ2n) is 5.65. The Bertz CT molecular complexity index is 280. The Morgan fingerprint density at radius 2 is 2.22 bits per heavy atom. The summed E-state index contributed by atoms with van der Waals surface area (Å²) in [6.45, 7) is 5.07. The van der Waals surface area contributed by atoms with Crippen LogP contribution in [0.15, 0.2) is 0 Å². The fraction of sp³-hybridized carbons (Fsp3) is 1.00. The highest BCUT2D eigenvalue weighted by Gasteiger charge is 2.43.